The highest BCUT2D eigenvalue weighted by Gasteiger charge is 2.21. The van der Waals surface area contributed by atoms with Crippen LogP contribution in [-0.2, 0) is 0 Å². The van der Waals surface area contributed by atoms with Crippen molar-refractivity contribution in [2.45, 2.75) is 6.10 Å². The van der Waals surface area contributed by atoms with Crippen LogP contribution in [0.5, 0.6) is 0 Å². The monoisotopic (exact) mass is 442 g/mol. The van der Waals surface area contributed by atoms with Gasteiger partial charge in [0.15, 0.2) is 0 Å². The van der Waals surface area contributed by atoms with Crippen molar-refractivity contribution in [1.82, 2.24) is 4.90 Å². The van der Waals surface area contributed by atoms with Gasteiger partial charge in [0.1, 0.15) is 11.5 Å². The van der Waals surface area contributed by atoms with Gasteiger partial charge < -0.3 is 15.3 Å². The third-order valence-corrected chi connectivity index (χ3v) is 5.52. The number of aliphatic hydroxyl groups excluding tert-OH is 1. The van der Waals surface area contributed by atoms with Crippen LogP contribution in [0.2, 0.25) is 10.0 Å². The maximum absolute atomic E-state index is 13.1. The van der Waals surface area contributed by atoms with E-state index in [1.54, 1.807) is 12.1 Å². The van der Waals surface area contributed by atoms with Gasteiger partial charge in [0.05, 0.1) is 21.1 Å². The summed E-state index contributed by atoms with van der Waals surface area (Å²) in [6.45, 7) is 3.60. The van der Waals surface area contributed by atoms with E-state index in [-0.39, 0.29) is 33.8 Å². The van der Waals surface area contributed by atoms with E-state index in [2.05, 4.69) is 15.1 Å². The highest BCUT2D eigenvalue weighted by atomic mass is 35.5. The fourth-order valence-corrected chi connectivity index (χ4v) is 3.58. The van der Waals surface area contributed by atoms with Crippen molar-refractivity contribution in [2.24, 2.45) is 0 Å². The van der Waals surface area contributed by atoms with Crippen molar-refractivity contribution in [3.63, 3.8) is 0 Å². The normalized spacial score (nSPS) is 15.9. The standard InChI is InChI=1S/C19H21Cl2FN4O3/c20-16-9-18(19(26(28)29)10-17(16)21)23-11-15(27)12-24-5-7-25(8-6-24)14-3-1-13(22)2-4-14/h1-4,9-10,15,23,27H,5-8,11-12H2. The molecular weight excluding hydrogens is 422 g/mol. The van der Waals surface area contributed by atoms with E-state index in [1.807, 2.05) is 0 Å². The number of β-amino-alcohol motifs (C(OH)–C–C–N with tert-alkyl or cyclic N) is 1. The van der Waals surface area contributed by atoms with E-state index in [4.69, 9.17) is 23.2 Å². The molecule has 0 saturated carbocycles. The van der Waals surface area contributed by atoms with Crippen LogP contribution in [0.3, 0.4) is 0 Å². The van der Waals surface area contributed by atoms with Gasteiger partial charge in [0, 0.05) is 51.0 Å². The molecule has 29 heavy (non-hydrogen) atoms. The van der Waals surface area contributed by atoms with Crippen molar-refractivity contribution < 1.29 is 14.4 Å². The average Bonchev–Trinajstić information content (AvgIpc) is 2.69. The molecule has 2 aromatic carbocycles. The van der Waals surface area contributed by atoms with Crippen LogP contribution >= 0.6 is 23.2 Å². The molecule has 0 amide bonds. The average molecular weight is 443 g/mol. The van der Waals surface area contributed by atoms with E-state index < -0.39 is 11.0 Å². The van der Waals surface area contributed by atoms with Crippen molar-refractivity contribution >= 4 is 40.3 Å². The first kappa shape index (κ1) is 21.6. The molecule has 0 bridgehead atoms. The number of anilines is 2. The van der Waals surface area contributed by atoms with Crippen molar-refractivity contribution in [2.75, 3.05) is 49.5 Å². The lowest BCUT2D eigenvalue weighted by Gasteiger charge is -2.37. The molecule has 3 rings (SSSR count). The molecule has 0 spiro atoms. The van der Waals surface area contributed by atoms with Crippen LogP contribution in [0.4, 0.5) is 21.5 Å². The molecule has 7 nitrogen and oxygen atoms in total. The van der Waals surface area contributed by atoms with Crippen LogP contribution in [0.25, 0.3) is 0 Å². The molecule has 156 valence electrons. The molecule has 1 unspecified atom stereocenters. The minimum atomic E-state index is -0.721. The summed E-state index contributed by atoms with van der Waals surface area (Å²) in [6, 6.07) is 8.98. The predicted molar refractivity (Wildman–Crippen MR) is 113 cm³/mol. The molecule has 1 heterocycles. The molecule has 2 N–H and O–H groups in total. The molecule has 10 heteroatoms. The number of nitrogens with zero attached hydrogens (tertiary/aromatic N) is 3. The Kier molecular flexibility index (Phi) is 7.13. The molecule has 2 aromatic rings. The van der Waals surface area contributed by atoms with E-state index in [9.17, 15) is 19.6 Å². The third-order valence-electron chi connectivity index (χ3n) is 4.80. The van der Waals surface area contributed by atoms with Crippen LogP contribution in [0.15, 0.2) is 36.4 Å². The van der Waals surface area contributed by atoms with Gasteiger partial charge in [0.25, 0.3) is 5.69 Å². The molecule has 0 aliphatic carbocycles. The molecule has 1 fully saturated rings. The molecule has 1 atom stereocenters. The fraction of sp³-hybridized carbons (Fsp3) is 0.368. The molecule has 0 aromatic heterocycles. The first-order chi connectivity index (χ1) is 13.8. The Labute approximate surface area is 177 Å². The second-order valence-corrected chi connectivity index (χ2v) is 7.65. The van der Waals surface area contributed by atoms with Crippen molar-refractivity contribution in [3.05, 3.63) is 62.4 Å². The summed E-state index contributed by atoms with van der Waals surface area (Å²) in [5.41, 5.74) is 0.990. The lowest BCUT2D eigenvalue weighted by molar-refractivity contribution is -0.383. The number of rotatable bonds is 7. The van der Waals surface area contributed by atoms with Crippen molar-refractivity contribution in [1.29, 1.82) is 0 Å². The minimum Gasteiger partial charge on any atom is -0.390 e. The van der Waals surface area contributed by atoms with Crippen LogP contribution < -0.4 is 10.2 Å². The zero-order chi connectivity index (χ0) is 21.0. The van der Waals surface area contributed by atoms with Gasteiger partial charge >= 0.3 is 0 Å². The largest absolute Gasteiger partial charge is 0.390 e. The summed E-state index contributed by atoms with van der Waals surface area (Å²) in [5, 5.41) is 24.7. The summed E-state index contributed by atoms with van der Waals surface area (Å²) < 4.78 is 13.1. The lowest BCUT2D eigenvalue weighted by Crippen LogP contribution is -2.49. The Morgan fingerprint density at radius 3 is 2.38 bits per heavy atom. The van der Waals surface area contributed by atoms with Gasteiger partial charge in [0.2, 0.25) is 0 Å². The Morgan fingerprint density at radius 2 is 1.76 bits per heavy atom. The van der Waals surface area contributed by atoms with Gasteiger partial charge in [-0.25, -0.2) is 4.39 Å². The minimum absolute atomic E-state index is 0.100. The summed E-state index contributed by atoms with van der Waals surface area (Å²) >= 11 is 11.8. The Hall–Kier alpha value is -2.13. The van der Waals surface area contributed by atoms with Gasteiger partial charge in [-0.1, -0.05) is 23.2 Å². The zero-order valence-electron chi connectivity index (χ0n) is 15.5. The molecule has 1 saturated heterocycles. The van der Waals surface area contributed by atoms with Crippen LogP contribution in [-0.4, -0.2) is 60.3 Å². The smallest absolute Gasteiger partial charge is 0.293 e. The number of aliphatic hydroxyl groups is 1. The second kappa shape index (κ2) is 9.58. The maximum Gasteiger partial charge on any atom is 0.293 e. The van der Waals surface area contributed by atoms with E-state index in [0.717, 1.165) is 31.9 Å². The van der Waals surface area contributed by atoms with Gasteiger partial charge in [-0.15, -0.1) is 0 Å². The Bertz CT molecular complexity index is 861. The molecule has 0 radical (unpaired) electrons. The number of nitro benzene ring substituents is 1. The second-order valence-electron chi connectivity index (χ2n) is 6.84. The zero-order valence-corrected chi connectivity index (χ0v) is 17.0. The van der Waals surface area contributed by atoms with E-state index in [1.165, 1.54) is 24.3 Å². The number of nitrogens with one attached hydrogen (secondary N) is 1. The Balaban J connectivity index is 1.49. The number of halogens is 3. The maximum atomic E-state index is 13.1. The van der Waals surface area contributed by atoms with Gasteiger partial charge in [-0.3, -0.25) is 15.0 Å². The topological polar surface area (TPSA) is 81.9 Å². The predicted octanol–water partition coefficient (Wildman–Crippen LogP) is 3.64. The van der Waals surface area contributed by atoms with E-state index >= 15 is 0 Å². The molecule has 1 aliphatic rings. The summed E-state index contributed by atoms with van der Waals surface area (Å²) in [5.74, 6) is -0.259. The number of hydrogen-bond acceptors (Lipinski definition) is 6. The van der Waals surface area contributed by atoms with Gasteiger partial charge in [-0.2, -0.15) is 0 Å². The summed E-state index contributed by atoms with van der Waals surface area (Å²) in [4.78, 5) is 14.9. The van der Waals surface area contributed by atoms with Crippen LogP contribution in [0, 0.1) is 15.9 Å². The Morgan fingerprint density at radius 1 is 1.14 bits per heavy atom. The number of benzene rings is 2. The highest BCUT2D eigenvalue weighted by molar-refractivity contribution is 6.42. The highest BCUT2D eigenvalue weighted by Crippen LogP contribution is 2.33. The summed E-state index contributed by atoms with van der Waals surface area (Å²) in [7, 11) is 0. The number of piperazine rings is 1. The van der Waals surface area contributed by atoms with Crippen molar-refractivity contribution in [3.8, 4) is 0 Å². The first-order valence-corrected chi connectivity index (χ1v) is 9.87. The lowest BCUT2D eigenvalue weighted by atomic mass is 10.2. The SMILES string of the molecule is O=[N+]([O-])c1cc(Cl)c(Cl)cc1NCC(O)CN1CCN(c2ccc(F)cc2)CC1. The molecule has 1 aliphatic heterocycles. The van der Waals surface area contributed by atoms with E-state index in [0.29, 0.717) is 6.54 Å². The first-order valence-electron chi connectivity index (χ1n) is 9.11. The fourth-order valence-electron chi connectivity index (χ4n) is 3.26. The molecular formula is C19H21Cl2FN4O3. The van der Waals surface area contributed by atoms with Crippen LogP contribution in [0.1, 0.15) is 0 Å². The summed E-state index contributed by atoms with van der Waals surface area (Å²) in [6.07, 6.45) is -0.721. The number of hydrogen-bond donors (Lipinski definition) is 2. The van der Waals surface area contributed by atoms with Gasteiger partial charge in [-0.05, 0) is 30.3 Å². The third kappa shape index (κ3) is 5.70. The quantitative estimate of drug-likeness (QED) is 0.503. The number of nitro groups is 1.